The minimum atomic E-state index is -0.565. The first-order chi connectivity index (χ1) is 16.5. The molecule has 0 aliphatic heterocycles. The maximum atomic E-state index is 6.81. The van der Waals surface area contributed by atoms with E-state index in [0.717, 1.165) is 86.8 Å². The number of hydrogen-bond acceptors (Lipinski definition) is 4. The van der Waals surface area contributed by atoms with E-state index in [1.165, 1.54) is 24.0 Å². The third-order valence-corrected chi connectivity index (χ3v) is 7.57. The second-order valence-electron chi connectivity index (χ2n) is 10.1. The zero-order valence-corrected chi connectivity index (χ0v) is 21.6. The van der Waals surface area contributed by atoms with Crippen molar-refractivity contribution in [1.29, 1.82) is 0 Å². The average Bonchev–Trinajstić information content (AvgIpc) is 3.50. The summed E-state index contributed by atoms with van der Waals surface area (Å²) in [6, 6.07) is 13.1. The van der Waals surface area contributed by atoms with E-state index in [1.54, 1.807) is 14.2 Å². The van der Waals surface area contributed by atoms with Crippen LogP contribution in [-0.4, -0.2) is 25.8 Å². The van der Waals surface area contributed by atoms with Gasteiger partial charge in [0.2, 0.25) is 11.6 Å². The van der Waals surface area contributed by atoms with E-state index in [-0.39, 0.29) is 0 Å². The molecular weight excluding hydrogens is 424 g/mol. The summed E-state index contributed by atoms with van der Waals surface area (Å²) in [5, 5.41) is 0. The summed E-state index contributed by atoms with van der Waals surface area (Å²) in [4.78, 5) is 0. The quantitative estimate of drug-likeness (QED) is 0.248. The second kappa shape index (κ2) is 11.1. The molecule has 4 rings (SSSR count). The third kappa shape index (κ3) is 5.60. The molecule has 2 aromatic rings. The minimum absolute atomic E-state index is 0.565. The molecule has 4 nitrogen and oxygen atoms in total. The summed E-state index contributed by atoms with van der Waals surface area (Å²) in [7, 11) is 3.55. The maximum absolute atomic E-state index is 6.81. The summed E-state index contributed by atoms with van der Waals surface area (Å²) in [5.74, 6) is 0.596. The highest BCUT2D eigenvalue weighted by atomic mass is 16.7. The van der Waals surface area contributed by atoms with Crippen LogP contribution in [0.5, 0.6) is 11.5 Å². The lowest BCUT2D eigenvalue weighted by Crippen LogP contribution is -2.36. The predicted octanol–water partition coefficient (Wildman–Crippen LogP) is 7.99. The van der Waals surface area contributed by atoms with E-state index < -0.39 is 11.6 Å². The molecule has 0 amide bonds. The Hall–Kier alpha value is -2.04. The van der Waals surface area contributed by atoms with Crippen LogP contribution in [0.1, 0.15) is 88.7 Å². The molecule has 2 aromatic carbocycles. The van der Waals surface area contributed by atoms with Gasteiger partial charge in [0.15, 0.2) is 0 Å². The summed E-state index contributed by atoms with van der Waals surface area (Å²) in [6.07, 6.45) is 12.7. The van der Waals surface area contributed by atoms with Gasteiger partial charge in [-0.25, -0.2) is 0 Å². The van der Waals surface area contributed by atoms with Crippen LogP contribution in [0.3, 0.4) is 0 Å². The molecule has 4 heteroatoms. The van der Waals surface area contributed by atoms with Crippen LogP contribution < -0.4 is 9.47 Å². The molecule has 34 heavy (non-hydrogen) atoms. The fraction of sp³-hybridized carbons (Fsp3) is 0.600. The van der Waals surface area contributed by atoms with Crippen LogP contribution in [-0.2, 0) is 15.9 Å². The first kappa shape index (κ1) is 25.1. The molecule has 2 fully saturated rings. The molecule has 0 aromatic heterocycles. The van der Waals surface area contributed by atoms with Crippen LogP contribution in [0.25, 0.3) is 11.1 Å². The van der Waals surface area contributed by atoms with Gasteiger partial charge in [-0.1, -0.05) is 49.6 Å². The Kier molecular flexibility index (Phi) is 8.21. The Morgan fingerprint density at radius 1 is 0.765 bits per heavy atom. The molecule has 0 radical (unpaired) electrons. The van der Waals surface area contributed by atoms with Gasteiger partial charge in [0, 0.05) is 39.9 Å². The highest BCUT2D eigenvalue weighted by Gasteiger charge is 2.39. The van der Waals surface area contributed by atoms with Crippen molar-refractivity contribution >= 4 is 0 Å². The maximum Gasteiger partial charge on any atom is 0.210 e. The van der Waals surface area contributed by atoms with E-state index in [1.807, 2.05) is 0 Å². The molecule has 0 heterocycles. The molecule has 0 bridgehead atoms. The molecule has 0 atom stereocenters. The zero-order valence-electron chi connectivity index (χ0n) is 21.6. The number of hydrogen-bond donors (Lipinski definition) is 0. The van der Waals surface area contributed by atoms with Crippen molar-refractivity contribution in [3.05, 3.63) is 47.5 Å². The molecule has 186 valence electrons. The second-order valence-corrected chi connectivity index (χ2v) is 10.1. The van der Waals surface area contributed by atoms with E-state index in [0.29, 0.717) is 0 Å². The molecule has 2 aliphatic rings. The van der Waals surface area contributed by atoms with Gasteiger partial charge in [-0.15, -0.1) is 0 Å². The van der Waals surface area contributed by atoms with Crippen molar-refractivity contribution < 1.29 is 18.9 Å². The van der Waals surface area contributed by atoms with Gasteiger partial charge in [0.05, 0.1) is 5.56 Å². The van der Waals surface area contributed by atoms with Crippen molar-refractivity contribution in [2.75, 3.05) is 14.2 Å². The Labute approximate surface area is 205 Å². The number of unbranched alkanes of at least 4 members (excludes halogenated alkanes) is 2. The monoisotopic (exact) mass is 466 g/mol. The van der Waals surface area contributed by atoms with Gasteiger partial charge in [-0.3, -0.25) is 0 Å². The zero-order chi connectivity index (χ0) is 24.0. The first-order valence-corrected chi connectivity index (χ1v) is 13.2. The van der Waals surface area contributed by atoms with Crippen molar-refractivity contribution in [1.82, 2.24) is 0 Å². The number of aryl methyl sites for hydroxylation is 2. The van der Waals surface area contributed by atoms with Crippen LogP contribution >= 0.6 is 0 Å². The van der Waals surface area contributed by atoms with Gasteiger partial charge in [0.25, 0.3) is 0 Å². The topological polar surface area (TPSA) is 36.9 Å². The lowest BCUT2D eigenvalue weighted by atomic mass is 9.97. The van der Waals surface area contributed by atoms with Crippen LogP contribution in [0, 0.1) is 6.92 Å². The van der Waals surface area contributed by atoms with E-state index in [2.05, 4.69) is 50.2 Å². The third-order valence-electron chi connectivity index (χ3n) is 7.57. The number of benzene rings is 2. The number of ether oxygens (including phenoxy) is 4. The van der Waals surface area contributed by atoms with E-state index in [9.17, 15) is 0 Å². The predicted molar refractivity (Wildman–Crippen MR) is 138 cm³/mol. The van der Waals surface area contributed by atoms with Crippen molar-refractivity contribution in [2.24, 2.45) is 0 Å². The SMILES string of the molecule is CCCCCc1cc(OC2(OC)CCCC2)c(-c2cccc(C)c2)c(OC2(OC)CCCC2)c1. The molecule has 0 unspecified atom stereocenters. The van der Waals surface area contributed by atoms with Gasteiger partial charge in [-0.2, -0.15) is 0 Å². The van der Waals surface area contributed by atoms with Gasteiger partial charge >= 0.3 is 0 Å². The molecule has 2 saturated carbocycles. The number of methoxy groups -OCH3 is 2. The Morgan fingerprint density at radius 2 is 1.32 bits per heavy atom. The van der Waals surface area contributed by atoms with Crippen molar-refractivity contribution in [2.45, 2.75) is 102 Å². The highest BCUT2D eigenvalue weighted by molar-refractivity contribution is 5.78. The van der Waals surface area contributed by atoms with E-state index in [4.69, 9.17) is 18.9 Å². The fourth-order valence-electron chi connectivity index (χ4n) is 5.54. The van der Waals surface area contributed by atoms with Gasteiger partial charge < -0.3 is 18.9 Å². The summed E-state index contributed by atoms with van der Waals surface area (Å²) >= 11 is 0. The Balaban J connectivity index is 1.84. The summed E-state index contributed by atoms with van der Waals surface area (Å²) in [6.45, 7) is 4.37. The standard InChI is InChI=1S/C30H42O4/c1-5-6-7-14-24-21-26(33-29(31-3)16-8-9-17-29)28(25-15-12-13-23(2)20-25)27(22-24)34-30(32-4)18-10-11-19-30/h12-13,15,20-22H,5-11,14,16-19H2,1-4H3. The molecule has 2 aliphatic carbocycles. The van der Waals surface area contributed by atoms with Gasteiger partial charge in [0.1, 0.15) is 11.5 Å². The van der Waals surface area contributed by atoms with E-state index >= 15 is 0 Å². The normalized spacial score (nSPS) is 18.8. The Morgan fingerprint density at radius 3 is 1.79 bits per heavy atom. The van der Waals surface area contributed by atoms with Gasteiger partial charge in [-0.05, 0) is 68.7 Å². The largest absolute Gasteiger partial charge is 0.462 e. The van der Waals surface area contributed by atoms with Crippen LogP contribution in [0.15, 0.2) is 36.4 Å². The number of rotatable bonds is 11. The van der Waals surface area contributed by atoms with Crippen LogP contribution in [0.4, 0.5) is 0 Å². The molecule has 0 saturated heterocycles. The molecule has 0 N–H and O–H groups in total. The minimum Gasteiger partial charge on any atom is -0.462 e. The van der Waals surface area contributed by atoms with Crippen molar-refractivity contribution in [3.8, 4) is 22.6 Å². The summed E-state index contributed by atoms with van der Waals surface area (Å²) in [5.41, 5.74) is 4.59. The lowest BCUT2D eigenvalue weighted by Gasteiger charge is -2.33. The van der Waals surface area contributed by atoms with Crippen LogP contribution in [0.2, 0.25) is 0 Å². The summed E-state index contributed by atoms with van der Waals surface area (Å²) < 4.78 is 25.6. The first-order valence-electron chi connectivity index (χ1n) is 13.2. The highest BCUT2D eigenvalue weighted by Crippen LogP contribution is 2.47. The van der Waals surface area contributed by atoms with Crippen molar-refractivity contribution in [3.63, 3.8) is 0 Å². The average molecular weight is 467 g/mol. The molecule has 0 spiro atoms. The smallest absolute Gasteiger partial charge is 0.210 e. The lowest BCUT2D eigenvalue weighted by molar-refractivity contribution is -0.160. The fourth-order valence-corrected chi connectivity index (χ4v) is 5.54. The molecular formula is C30H42O4. The Bertz CT molecular complexity index is 892.